The van der Waals surface area contributed by atoms with Crippen LogP contribution < -0.4 is 9.62 Å². The monoisotopic (exact) mass is 405 g/mol. The van der Waals surface area contributed by atoms with Crippen molar-refractivity contribution in [3.8, 4) is 0 Å². The summed E-state index contributed by atoms with van der Waals surface area (Å²) in [5.74, 6) is -0.0780. The average molecular weight is 406 g/mol. The molecular formula is C20H24ClN3O2S. The molecule has 2 atom stereocenters. The third-order valence-corrected chi connectivity index (χ3v) is 6.44. The van der Waals surface area contributed by atoms with Crippen molar-refractivity contribution < 1.29 is 9.35 Å². The fourth-order valence-corrected chi connectivity index (χ4v) is 3.98. The van der Waals surface area contributed by atoms with Gasteiger partial charge in [0.2, 0.25) is 0 Å². The molecule has 1 N–H and O–H groups in total. The van der Waals surface area contributed by atoms with E-state index in [4.69, 9.17) is 11.6 Å². The summed E-state index contributed by atoms with van der Waals surface area (Å²) in [5.41, 5.74) is 3.63. The van der Waals surface area contributed by atoms with Gasteiger partial charge in [-0.1, -0.05) is 23.7 Å². The Hall–Kier alpha value is -1.60. The molecule has 1 aliphatic rings. The summed E-state index contributed by atoms with van der Waals surface area (Å²) in [6, 6.07) is 9.27. The Morgan fingerprint density at radius 2 is 2.07 bits per heavy atom. The van der Waals surface area contributed by atoms with Crippen LogP contribution in [0.4, 0.5) is 5.69 Å². The van der Waals surface area contributed by atoms with E-state index < -0.39 is 11.4 Å². The van der Waals surface area contributed by atoms with Crippen molar-refractivity contribution in [2.75, 3.05) is 11.4 Å². The lowest BCUT2D eigenvalue weighted by atomic mass is 10.0. The van der Waals surface area contributed by atoms with Crippen molar-refractivity contribution in [1.29, 1.82) is 0 Å². The number of hydrogen-bond acceptors (Lipinski definition) is 4. The molecule has 7 heteroatoms. The number of hydrogen-bond donors (Lipinski definition) is 1. The second-order valence-electron chi connectivity index (χ2n) is 7.68. The molecule has 1 amide bonds. The van der Waals surface area contributed by atoms with Gasteiger partial charge in [-0.05, 0) is 63.4 Å². The highest BCUT2D eigenvalue weighted by atomic mass is 35.5. The van der Waals surface area contributed by atoms with E-state index in [1.807, 2.05) is 39.8 Å². The second-order valence-corrected chi connectivity index (χ2v) is 10.1. The molecule has 0 saturated heterocycles. The molecule has 3 rings (SSSR count). The molecule has 1 aliphatic heterocycles. The number of carbonyl (C=O) groups excluding carboxylic acids is 1. The highest BCUT2D eigenvalue weighted by Crippen LogP contribution is 2.32. The van der Waals surface area contributed by atoms with E-state index in [1.54, 1.807) is 23.2 Å². The van der Waals surface area contributed by atoms with Crippen molar-refractivity contribution in [2.24, 2.45) is 0 Å². The first-order valence-corrected chi connectivity index (χ1v) is 10.4. The van der Waals surface area contributed by atoms with Crippen molar-refractivity contribution in [1.82, 2.24) is 9.71 Å². The molecule has 1 aromatic carbocycles. The van der Waals surface area contributed by atoms with Gasteiger partial charge in [0.15, 0.2) is 0 Å². The van der Waals surface area contributed by atoms with Crippen LogP contribution in [0, 0.1) is 0 Å². The zero-order chi connectivity index (χ0) is 19.8. The minimum atomic E-state index is -1.14. The standard InChI is InChI=1S/C20H24ClN3O2S/c1-13(23-27(26)20(2,3)4)14-5-6-17-15(11-14)8-10-24(17)19(25)16-7-9-22-18(21)12-16/h5-7,9,11-13,23H,8,10H2,1-4H3/t13?,27-/m1/s1. The zero-order valence-electron chi connectivity index (χ0n) is 16.0. The Kier molecular flexibility index (Phi) is 5.82. The van der Waals surface area contributed by atoms with Crippen LogP contribution in [0.2, 0.25) is 5.15 Å². The summed E-state index contributed by atoms with van der Waals surface area (Å²) in [6.07, 6.45) is 2.33. The number of nitrogens with zero attached hydrogens (tertiary/aromatic N) is 2. The lowest BCUT2D eigenvalue weighted by molar-refractivity contribution is 0.0989. The number of amides is 1. The van der Waals surface area contributed by atoms with Gasteiger partial charge in [-0.2, -0.15) is 0 Å². The molecule has 0 spiro atoms. The maximum Gasteiger partial charge on any atom is 0.258 e. The average Bonchev–Trinajstić information content (AvgIpc) is 3.03. The van der Waals surface area contributed by atoms with Crippen molar-refractivity contribution >= 4 is 34.6 Å². The van der Waals surface area contributed by atoms with Crippen molar-refractivity contribution in [2.45, 2.75) is 44.9 Å². The molecule has 0 aliphatic carbocycles. The molecule has 2 aromatic rings. The van der Waals surface area contributed by atoms with Gasteiger partial charge in [0.05, 0.1) is 6.04 Å². The first-order valence-electron chi connectivity index (χ1n) is 8.91. The molecule has 2 heterocycles. The predicted octanol–water partition coefficient (Wildman–Crippen LogP) is 4.05. The number of anilines is 1. The summed E-state index contributed by atoms with van der Waals surface area (Å²) in [6.45, 7) is 8.47. The molecule has 27 heavy (non-hydrogen) atoms. The van der Waals surface area contributed by atoms with Crippen LogP contribution in [0.1, 0.15) is 55.2 Å². The van der Waals surface area contributed by atoms with E-state index in [9.17, 15) is 9.35 Å². The number of halogens is 1. The number of aromatic nitrogens is 1. The molecule has 1 aromatic heterocycles. The Morgan fingerprint density at radius 3 is 2.74 bits per heavy atom. The lowest BCUT2D eigenvalue weighted by Gasteiger charge is -2.26. The van der Waals surface area contributed by atoms with Crippen LogP contribution >= 0.6 is 11.6 Å². The van der Waals surface area contributed by atoms with Crippen LogP contribution in [0.25, 0.3) is 0 Å². The Bertz CT molecular complexity index is 853. The molecule has 1 unspecified atom stereocenters. The summed E-state index contributed by atoms with van der Waals surface area (Å²) < 4.78 is 15.2. The minimum Gasteiger partial charge on any atom is -0.598 e. The van der Waals surface area contributed by atoms with Gasteiger partial charge in [0.25, 0.3) is 5.91 Å². The number of nitrogens with one attached hydrogen (secondary N) is 1. The van der Waals surface area contributed by atoms with Crippen LogP contribution in [0.15, 0.2) is 36.5 Å². The third-order valence-electron chi connectivity index (χ3n) is 4.56. The molecule has 144 valence electrons. The van der Waals surface area contributed by atoms with Gasteiger partial charge in [0, 0.05) is 35.4 Å². The van der Waals surface area contributed by atoms with E-state index in [2.05, 4.69) is 15.8 Å². The quantitative estimate of drug-likeness (QED) is 0.615. The first-order chi connectivity index (χ1) is 12.7. The molecule has 0 bridgehead atoms. The highest BCUT2D eigenvalue weighted by Gasteiger charge is 2.30. The molecular weight excluding hydrogens is 382 g/mol. The number of rotatable bonds is 4. The van der Waals surface area contributed by atoms with E-state index in [0.29, 0.717) is 17.3 Å². The number of pyridine rings is 1. The topological polar surface area (TPSA) is 68.3 Å². The van der Waals surface area contributed by atoms with Crippen LogP contribution in [0.3, 0.4) is 0 Å². The smallest absolute Gasteiger partial charge is 0.258 e. The van der Waals surface area contributed by atoms with Crippen molar-refractivity contribution in [3.63, 3.8) is 0 Å². The van der Waals surface area contributed by atoms with Gasteiger partial charge >= 0.3 is 0 Å². The second kappa shape index (κ2) is 7.80. The minimum absolute atomic E-state index is 0.0425. The van der Waals surface area contributed by atoms with E-state index in [-0.39, 0.29) is 16.7 Å². The SMILES string of the molecule is CC(N[S@+]([O-])C(C)(C)C)c1ccc2c(c1)CCN2C(=O)c1ccnc(Cl)c1. The summed E-state index contributed by atoms with van der Waals surface area (Å²) >= 11 is 4.77. The number of fused-ring (bicyclic) bond motifs is 1. The summed E-state index contributed by atoms with van der Waals surface area (Å²) in [4.78, 5) is 18.5. The number of carbonyl (C=O) groups is 1. The Labute approximate surface area is 168 Å². The van der Waals surface area contributed by atoms with Crippen LogP contribution in [-0.4, -0.2) is 26.7 Å². The normalized spacial score (nSPS) is 16.1. The summed E-state index contributed by atoms with van der Waals surface area (Å²) in [5, 5.41) is 0.308. The molecule has 5 nitrogen and oxygen atoms in total. The van der Waals surface area contributed by atoms with Gasteiger partial charge < -0.3 is 9.45 Å². The Balaban J connectivity index is 1.78. The van der Waals surface area contributed by atoms with Gasteiger partial charge in [-0.15, -0.1) is 4.72 Å². The third kappa shape index (κ3) is 4.46. The molecule has 0 radical (unpaired) electrons. The lowest BCUT2D eigenvalue weighted by Crippen LogP contribution is -2.40. The molecule has 0 saturated carbocycles. The van der Waals surface area contributed by atoms with Gasteiger partial charge in [-0.25, -0.2) is 4.98 Å². The number of benzene rings is 1. The van der Waals surface area contributed by atoms with E-state index in [0.717, 1.165) is 23.2 Å². The van der Waals surface area contributed by atoms with E-state index in [1.165, 1.54) is 0 Å². The Morgan fingerprint density at radius 1 is 1.33 bits per heavy atom. The zero-order valence-corrected chi connectivity index (χ0v) is 17.5. The fraction of sp³-hybridized carbons (Fsp3) is 0.400. The van der Waals surface area contributed by atoms with Crippen molar-refractivity contribution in [3.05, 3.63) is 58.4 Å². The summed E-state index contributed by atoms with van der Waals surface area (Å²) in [7, 11) is 0. The predicted molar refractivity (Wildman–Crippen MR) is 111 cm³/mol. The van der Waals surface area contributed by atoms with E-state index >= 15 is 0 Å². The van der Waals surface area contributed by atoms with Crippen LogP contribution in [0.5, 0.6) is 0 Å². The highest BCUT2D eigenvalue weighted by molar-refractivity contribution is 7.90. The fourth-order valence-electron chi connectivity index (χ4n) is 3.00. The van der Waals surface area contributed by atoms with Gasteiger partial charge in [-0.3, -0.25) is 4.79 Å². The van der Waals surface area contributed by atoms with Crippen LogP contribution in [-0.2, 0) is 17.8 Å². The maximum absolute atomic E-state index is 12.8. The van der Waals surface area contributed by atoms with Gasteiger partial charge in [0.1, 0.15) is 9.90 Å². The maximum atomic E-state index is 12.8. The molecule has 0 fully saturated rings. The largest absolute Gasteiger partial charge is 0.598 e. The first kappa shape index (κ1) is 20.1.